The Morgan fingerprint density at radius 3 is 2.11 bits per heavy atom. The molecule has 0 unspecified atom stereocenters. The molecule has 3 heteroatoms. The standard InChI is InChI=1S/C34H20N2S/c1-2-9-22(10-3-1)32-33(36-34-26-11-5-4-8-21(26)16-17-29(34)35-32)24-15-14-23-20-31-28(19-25(23)18-24)27-12-6-7-13-30(27)37-31/h1-20H. The van der Waals surface area contributed by atoms with E-state index in [0.29, 0.717) is 0 Å². The second-order valence-electron chi connectivity index (χ2n) is 9.45. The molecule has 0 spiro atoms. The third kappa shape index (κ3) is 3.25. The predicted molar refractivity (Wildman–Crippen MR) is 158 cm³/mol. The molecular weight excluding hydrogens is 468 g/mol. The molecule has 0 N–H and O–H groups in total. The lowest BCUT2D eigenvalue weighted by molar-refractivity contribution is 1.30. The second kappa shape index (κ2) is 7.95. The summed E-state index contributed by atoms with van der Waals surface area (Å²) in [5, 5.41) is 7.38. The van der Waals surface area contributed by atoms with Crippen molar-refractivity contribution in [2.75, 3.05) is 0 Å². The van der Waals surface area contributed by atoms with Gasteiger partial charge in [-0.05, 0) is 46.5 Å². The summed E-state index contributed by atoms with van der Waals surface area (Å²) in [6, 6.07) is 43.0. The fourth-order valence-corrected chi connectivity index (χ4v) is 6.54. The van der Waals surface area contributed by atoms with Gasteiger partial charge in [0.15, 0.2) is 0 Å². The van der Waals surface area contributed by atoms with Gasteiger partial charge in [0.05, 0.1) is 22.4 Å². The van der Waals surface area contributed by atoms with Crippen LogP contribution in [0.3, 0.4) is 0 Å². The summed E-state index contributed by atoms with van der Waals surface area (Å²) in [5.74, 6) is 0. The zero-order valence-electron chi connectivity index (χ0n) is 19.8. The third-order valence-corrected chi connectivity index (χ3v) is 8.35. The monoisotopic (exact) mass is 488 g/mol. The Balaban J connectivity index is 1.43. The van der Waals surface area contributed by atoms with Gasteiger partial charge in [-0.15, -0.1) is 11.3 Å². The van der Waals surface area contributed by atoms with E-state index in [1.165, 1.54) is 36.3 Å². The van der Waals surface area contributed by atoms with Crippen molar-refractivity contribution in [3.63, 3.8) is 0 Å². The summed E-state index contributed by atoms with van der Waals surface area (Å²) in [7, 11) is 0. The second-order valence-corrected chi connectivity index (χ2v) is 10.5. The molecule has 0 radical (unpaired) electrons. The highest BCUT2D eigenvalue weighted by molar-refractivity contribution is 7.25. The van der Waals surface area contributed by atoms with E-state index in [1.807, 2.05) is 17.4 Å². The number of aromatic nitrogens is 2. The minimum absolute atomic E-state index is 0.907. The fraction of sp³-hybridized carbons (Fsp3) is 0. The maximum atomic E-state index is 5.30. The molecule has 0 saturated carbocycles. The van der Waals surface area contributed by atoms with Crippen LogP contribution in [0.2, 0.25) is 0 Å². The summed E-state index contributed by atoms with van der Waals surface area (Å²) in [4.78, 5) is 10.5. The number of hydrogen-bond acceptors (Lipinski definition) is 3. The zero-order chi connectivity index (χ0) is 24.3. The van der Waals surface area contributed by atoms with Crippen molar-refractivity contribution >= 4 is 64.1 Å². The first-order valence-corrected chi connectivity index (χ1v) is 13.2. The van der Waals surface area contributed by atoms with Crippen molar-refractivity contribution in [2.24, 2.45) is 0 Å². The van der Waals surface area contributed by atoms with E-state index >= 15 is 0 Å². The Labute approximate surface area is 217 Å². The minimum atomic E-state index is 0.907. The Bertz CT molecular complexity index is 2140. The van der Waals surface area contributed by atoms with Crippen LogP contribution in [0.15, 0.2) is 121 Å². The molecule has 2 heterocycles. The minimum Gasteiger partial charge on any atom is -0.244 e. The molecule has 37 heavy (non-hydrogen) atoms. The summed E-state index contributed by atoms with van der Waals surface area (Å²) < 4.78 is 2.65. The van der Waals surface area contributed by atoms with E-state index in [4.69, 9.17) is 9.97 Å². The molecule has 2 aromatic heterocycles. The largest absolute Gasteiger partial charge is 0.244 e. The lowest BCUT2D eigenvalue weighted by Crippen LogP contribution is -1.96. The molecule has 0 bridgehead atoms. The third-order valence-electron chi connectivity index (χ3n) is 7.22. The lowest BCUT2D eigenvalue weighted by atomic mass is 9.99. The van der Waals surface area contributed by atoms with Gasteiger partial charge >= 0.3 is 0 Å². The van der Waals surface area contributed by atoms with Crippen LogP contribution < -0.4 is 0 Å². The van der Waals surface area contributed by atoms with Gasteiger partial charge in [-0.2, -0.15) is 0 Å². The van der Waals surface area contributed by atoms with Crippen LogP contribution in [0, 0.1) is 0 Å². The summed E-state index contributed by atoms with van der Waals surface area (Å²) in [6.45, 7) is 0. The molecule has 2 nitrogen and oxygen atoms in total. The quantitative estimate of drug-likeness (QED) is 0.226. The normalized spacial score (nSPS) is 11.8. The van der Waals surface area contributed by atoms with Gasteiger partial charge in [-0.25, -0.2) is 9.97 Å². The maximum absolute atomic E-state index is 5.30. The van der Waals surface area contributed by atoms with Gasteiger partial charge in [0.1, 0.15) is 0 Å². The van der Waals surface area contributed by atoms with Gasteiger partial charge < -0.3 is 0 Å². The van der Waals surface area contributed by atoms with Gasteiger partial charge in [0.25, 0.3) is 0 Å². The van der Waals surface area contributed by atoms with Gasteiger partial charge in [0, 0.05) is 36.7 Å². The molecule has 0 fully saturated rings. The van der Waals surface area contributed by atoms with Gasteiger partial charge in [-0.1, -0.05) is 91.0 Å². The van der Waals surface area contributed by atoms with Crippen molar-refractivity contribution in [2.45, 2.75) is 0 Å². The molecule has 0 saturated heterocycles. The van der Waals surface area contributed by atoms with E-state index in [9.17, 15) is 0 Å². The van der Waals surface area contributed by atoms with Gasteiger partial charge in [-0.3, -0.25) is 0 Å². The van der Waals surface area contributed by atoms with Gasteiger partial charge in [0.2, 0.25) is 0 Å². The average Bonchev–Trinajstić information content (AvgIpc) is 3.32. The van der Waals surface area contributed by atoms with E-state index < -0.39 is 0 Å². The van der Waals surface area contributed by atoms with Crippen LogP contribution in [0.5, 0.6) is 0 Å². The van der Waals surface area contributed by atoms with Crippen LogP contribution in [-0.2, 0) is 0 Å². The van der Waals surface area contributed by atoms with Crippen molar-refractivity contribution in [3.8, 4) is 22.5 Å². The Hall–Kier alpha value is -4.60. The van der Waals surface area contributed by atoms with E-state index in [0.717, 1.165) is 38.9 Å². The lowest BCUT2D eigenvalue weighted by Gasteiger charge is -2.13. The number of nitrogens with zero attached hydrogens (tertiary/aromatic N) is 2. The van der Waals surface area contributed by atoms with E-state index in [1.54, 1.807) is 0 Å². The number of thiophene rings is 1. The van der Waals surface area contributed by atoms with Crippen molar-refractivity contribution < 1.29 is 0 Å². The van der Waals surface area contributed by atoms with Crippen LogP contribution in [0.1, 0.15) is 0 Å². The van der Waals surface area contributed by atoms with Crippen LogP contribution in [-0.4, -0.2) is 9.97 Å². The summed E-state index contributed by atoms with van der Waals surface area (Å²) >= 11 is 1.86. The van der Waals surface area contributed by atoms with Crippen molar-refractivity contribution in [3.05, 3.63) is 121 Å². The Morgan fingerprint density at radius 1 is 0.432 bits per heavy atom. The average molecular weight is 489 g/mol. The highest BCUT2D eigenvalue weighted by atomic mass is 32.1. The van der Waals surface area contributed by atoms with E-state index in [-0.39, 0.29) is 0 Å². The van der Waals surface area contributed by atoms with E-state index in [2.05, 4.69) is 115 Å². The Kier molecular flexibility index (Phi) is 4.42. The SMILES string of the molecule is c1ccc(-c2nc3ccc4ccccc4c3nc2-c2ccc3cc4sc5ccccc5c4cc3c2)cc1. The highest BCUT2D eigenvalue weighted by Crippen LogP contribution is 2.39. The van der Waals surface area contributed by atoms with Crippen LogP contribution in [0.25, 0.3) is 75.3 Å². The molecule has 172 valence electrons. The fourth-order valence-electron chi connectivity index (χ4n) is 5.40. The molecule has 0 aliphatic rings. The first-order chi connectivity index (χ1) is 18.3. The van der Waals surface area contributed by atoms with Crippen molar-refractivity contribution in [1.29, 1.82) is 0 Å². The molecule has 6 aromatic carbocycles. The molecule has 0 aliphatic carbocycles. The number of hydrogen-bond donors (Lipinski definition) is 0. The summed E-state index contributed by atoms with van der Waals surface area (Å²) in [5.41, 5.74) is 5.81. The molecule has 8 rings (SSSR count). The first kappa shape index (κ1) is 20.6. The van der Waals surface area contributed by atoms with Crippen molar-refractivity contribution in [1.82, 2.24) is 9.97 Å². The summed E-state index contributed by atoms with van der Waals surface area (Å²) in [6.07, 6.45) is 0. The molecule has 8 aromatic rings. The molecule has 0 amide bonds. The smallest absolute Gasteiger partial charge is 0.0973 e. The molecule has 0 aliphatic heterocycles. The predicted octanol–water partition coefficient (Wildman–Crippen LogP) is 9.64. The van der Waals surface area contributed by atoms with Crippen LogP contribution in [0.4, 0.5) is 0 Å². The molecule has 0 atom stereocenters. The first-order valence-electron chi connectivity index (χ1n) is 12.4. The maximum Gasteiger partial charge on any atom is 0.0973 e. The van der Waals surface area contributed by atoms with Crippen LogP contribution >= 0.6 is 11.3 Å². The highest BCUT2D eigenvalue weighted by Gasteiger charge is 2.16. The Morgan fingerprint density at radius 2 is 1.19 bits per heavy atom. The topological polar surface area (TPSA) is 25.8 Å². The zero-order valence-corrected chi connectivity index (χ0v) is 20.7. The number of fused-ring (bicyclic) bond motifs is 7. The number of rotatable bonds is 2. The number of benzene rings is 6. The molecular formula is C34H20N2S.